The molecule has 9 heteroatoms. The van der Waals surface area contributed by atoms with E-state index in [-0.39, 0.29) is 23.5 Å². The van der Waals surface area contributed by atoms with Gasteiger partial charge in [0.2, 0.25) is 11.8 Å². The summed E-state index contributed by atoms with van der Waals surface area (Å²) >= 11 is 2.76. The van der Waals surface area contributed by atoms with Crippen molar-refractivity contribution in [2.45, 2.75) is 25.1 Å². The molecule has 2 amide bonds. The minimum absolute atomic E-state index is 0.126. The zero-order valence-corrected chi connectivity index (χ0v) is 16.1. The Morgan fingerprint density at radius 2 is 2.00 bits per heavy atom. The number of hydrogen-bond acceptors (Lipinski definition) is 7. The van der Waals surface area contributed by atoms with Crippen LogP contribution in [0, 0.1) is 12.8 Å². The van der Waals surface area contributed by atoms with Gasteiger partial charge in [0.1, 0.15) is 10.8 Å². The summed E-state index contributed by atoms with van der Waals surface area (Å²) in [5.74, 6) is 0.293. The highest BCUT2D eigenvalue weighted by Gasteiger charge is 2.14. The van der Waals surface area contributed by atoms with Crippen molar-refractivity contribution in [2.24, 2.45) is 5.92 Å². The summed E-state index contributed by atoms with van der Waals surface area (Å²) in [5, 5.41) is 14.4. The Kier molecular flexibility index (Phi) is 6.77. The van der Waals surface area contributed by atoms with Gasteiger partial charge in [0.25, 0.3) is 0 Å². The summed E-state index contributed by atoms with van der Waals surface area (Å²) in [6.45, 7) is 5.47. The quantitative estimate of drug-likeness (QED) is 0.717. The molecule has 0 aliphatic heterocycles. The van der Waals surface area contributed by atoms with Crippen LogP contribution in [0.4, 0.5) is 11.4 Å². The number of hydrogen-bond donors (Lipinski definition) is 2. The lowest BCUT2D eigenvalue weighted by atomic mass is 10.2. The first-order valence-corrected chi connectivity index (χ1v) is 9.41. The largest absolute Gasteiger partial charge is 0.497 e. The van der Waals surface area contributed by atoms with Crippen LogP contribution in [0.3, 0.4) is 0 Å². The van der Waals surface area contributed by atoms with Gasteiger partial charge in [0, 0.05) is 12.0 Å². The Hall–Kier alpha value is -2.13. The SMILES string of the molecule is COc1ccc(NC(=O)C(C)C)c(NC(=O)CSc2nnc(C)s2)c1. The number of carbonyl (C=O) groups excluding carboxylic acids is 2. The maximum Gasteiger partial charge on any atom is 0.234 e. The summed E-state index contributed by atoms with van der Waals surface area (Å²) < 4.78 is 5.93. The first kappa shape index (κ1) is 19.2. The molecule has 2 aromatic rings. The first-order valence-electron chi connectivity index (χ1n) is 7.60. The molecule has 0 fully saturated rings. The summed E-state index contributed by atoms with van der Waals surface area (Å²) in [5.41, 5.74) is 1.03. The van der Waals surface area contributed by atoms with Crippen molar-refractivity contribution in [3.05, 3.63) is 23.2 Å². The lowest BCUT2D eigenvalue weighted by Gasteiger charge is -2.14. The maximum atomic E-state index is 12.2. The predicted molar refractivity (Wildman–Crippen MR) is 100 cm³/mol. The van der Waals surface area contributed by atoms with Gasteiger partial charge < -0.3 is 15.4 Å². The molecule has 134 valence electrons. The van der Waals surface area contributed by atoms with E-state index in [4.69, 9.17) is 4.74 Å². The van der Waals surface area contributed by atoms with Crippen LogP contribution in [0.2, 0.25) is 0 Å². The number of carbonyl (C=O) groups is 2. The fourth-order valence-electron chi connectivity index (χ4n) is 1.79. The lowest BCUT2D eigenvalue weighted by molar-refractivity contribution is -0.119. The van der Waals surface area contributed by atoms with Gasteiger partial charge >= 0.3 is 0 Å². The molecule has 0 radical (unpaired) electrons. The monoisotopic (exact) mass is 380 g/mol. The van der Waals surface area contributed by atoms with Gasteiger partial charge in [-0.25, -0.2) is 0 Å². The van der Waals surface area contributed by atoms with Crippen molar-refractivity contribution in [1.29, 1.82) is 0 Å². The Bertz CT molecular complexity index is 762. The second-order valence-corrected chi connectivity index (χ2v) is 7.88. The number of benzene rings is 1. The highest BCUT2D eigenvalue weighted by atomic mass is 32.2. The van der Waals surface area contributed by atoms with Gasteiger partial charge in [-0.2, -0.15) is 0 Å². The molecular formula is C16H20N4O3S2. The molecule has 1 aromatic carbocycles. The minimum atomic E-state index is -0.203. The molecule has 0 aliphatic carbocycles. The molecule has 0 saturated heterocycles. The number of thioether (sulfide) groups is 1. The van der Waals surface area contributed by atoms with Gasteiger partial charge in [-0.3, -0.25) is 9.59 Å². The number of anilines is 2. The average molecular weight is 380 g/mol. The highest BCUT2D eigenvalue weighted by Crippen LogP contribution is 2.28. The van der Waals surface area contributed by atoms with Crippen LogP contribution in [0.5, 0.6) is 5.75 Å². The van der Waals surface area contributed by atoms with E-state index >= 15 is 0 Å². The molecule has 0 atom stereocenters. The van der Waals surface area contributed by atoms with Crippen molar-refractivity contribution in [3.63, 3.8) is 0 Å². The fraction of sp³-hybridized carbons (Fsp3) is 0.375. The third-order valence-corrected chi connectivity index (χ3v) is 5.09. The lowest BCUT2D eigenvalue weighted by Crippen LogP contribution is -2.20. The fourth-order valence-corrected chi connectivity index (χ4v) is 3.41. The second-order valence-electron chi connectivity index (χ2n) is 5.48. The van der Waals surface area contributed by atoms with E-state index in [2.05, 4.69) is 20.8 Å². The standard InChI is InChI=1S/C16H20N4O3S2/c1-9(2)15(22)18-12-6-5-11(23-4)7-13(12)17-14(21)8-24-16-20-19-10(3)25-16/h5-7,9H,8H2,1-4H3,(H,17,21)(H,18,22). The molecule has 0 unspecified atom stereocenters. The topological polar surface area (TPSA) is 93.2 Å². The van der Waals surface area contributed by atoms with Crippen molar-refractivity contribution in [1.82, 2.24) is 10.2 Å². The molecule has 1 heterocycles. The van der Waals surface area contributed by atoms with Crippen LogP contribution in [-0.2, 0) is 9.59 Å². The number of ether oxygens (including phenoxy) is 1. The van der Waals surface area contributed by atoms with Crippen LogP contribution >= 0.6 is 23.1 Å². The van der Waals surface area contributed by atoms with E-state index in [1.54, 1.807) is 39.2 Å². The second kappa shape index (κ2) is 8.82. The van der Waals surface area contributed by atoms with Crippen molar-refractivity contribution in [3.8, 4) is 5.75 Å². The Labute approximate surface area is 154 Å². The van der Waals surface area contributed by atoms with Gasteiger partial charge in [0.05, 0.1) is 24.2 Å². The van der Waals surface area contributed by atoms with E-state index in [1.165, 1.54) is 23.1 Å². The summed E-state index contributed by atoms with van der Waals surface area (Å²) in [7, 11) is 1.54. The van der Waals surface area contributed by atoms with E-state index in [9.17, 15) is 9.59 Å². The number of nitrogens with one attached hydrogen (secondary N) is 2. The van der Waals surface area contributed by atoms with Crippen LogP contribution in [0.25, 0.3) is 0 Å². The zero-order valence-electron chi connectivity index (χ0n) is 14.5. The number of methoxy groups -OCH3 is 1. The smallest absolute Gasteiger partial charge is 0.234 e. The number of amides is 2. The van der Waals surface area contributed by atoms with Crippen molar-refractivity contribution >= 4 is 46.3 Å². The number of aryl methyl sites for hydroxylation is 1. The van der Waals surface area contributed by atoms with Gasteiger partial charge in [-0.1, -0.05) is 36.9 Å². The molecular weight excluding hydrogens is 360 g/mol. The molecule has 0 spiro atoms. The average Bonchev–Trinajstić information content (AvgIpc) is 2.99. The molecule has 2 rings (SSSR count). The van der Waals surface area contributed by atoms with Gasteiger partial charge in [-0.05, 0) is 19.1 Å². The molecule has 7 nitrogen and oxygen atoms in total. The third-order valence-electron chi connectivity index (χ3n) is 3.12. The third kappa shape index (κ3) is 5.71. The zero-order chi connectivity index (χ0) is 18.4. The predicted octanol–water partition coefficient (Wildman–Crippen LogP) is 3.18. The minimum Gasteiger partial charge on any atom is -0.497 e. The molecule has 2 N–H and O–H groups in total. The van der Waals surface area contributed by atoms with Crippen molar-refractivity contribution < 1.29 is 14.3 Å². The van der Waals surface area contributed by atoms with E-state index in [0.29, 0.717) is 17.1 Å². The molecule has 0 saturated carbocycles. The number of aromatic nitrogens is 2. The van der Waals surface area contributed by atoms with E-state index < -0.39 is 0 Å². The van der Waals surface area contributed by atoms with E-state index in [1.807, 2.05) is 6.92 Å². The van der Waals surface area contributed by atoms with E-state index in [0.717, 1.165) is 9.35 Å². The highest BCUT2D eigenvalue weighted by molar-refractivity contribution is 8.01. The van der Waals surface area contributed by atoms with Gasteiger partial charge in [0.15, 0.2) is 4.34 Å². The molecule has 0 bridgehead atoms. The van der Waals surface area contributed by atoms with Crippen LogP contribution in [-0.4, -0.2) is 34.9 Å². The van der Waals surface area contributed by atoms with Gasteiger partial charge in [-0.15, -0.1) is 10.2 Å². The summed E-state index contributed by atoms with van der Waals surface area (Å²) in [6.07, 6.45) is 0. The van der Waals surface area contributed by atoms with Crippen molar-refractivity contribution in [2.75, 3.05) is 23.5 Å². The van der Waals surface area contributed by atoms with Crippen LogP contribution in [0.15, 0.2) is 22.5 Å². The Morgan fingerprint density at radius 1 is 1.24 bits per heavy atom. The van der Waals surface area contributed by atoms with Crippen LogP contribution < -0.4 is 15.4 Å². The maximum absolute atomic E-state index is 12.2. The molecule has 1 aromatic heterocycles. The Balaban J connectivity index is 2.07. The summed E-state index contributed by atoms with van der Waals surface area (Å²) in [6, 6.07) is 5.11. The molecule has 0 aliphatic rings. The number of nitrogens with zero attached hydrogens (tertiary/aromatic N) is 2. The molecule has 25 heavy (non-hydrogen) atoms. The first-order chi connectivity index (χ1) is 11.9. The van der Waals surface area contributed by atoms with Crippen LogP contribution in [0.1, 0.15) is 18.9 Å². The summed E-state index contributed by atoms with van der Waals surface area (Å²) in [4.78, 5) is 24.2. The number of rotatable bonds is 7. The Morgan fingerprint density at radius 3 is 2.60 bits per heavy atom. The normalized spacial score (nSPS) is 10.6.